The Morgan fingerprint density at radius 3 is 2.83 bits per heavy atom. The topological polar surface area (TPSA) is 85.9 Å². The lowest BCUT2D eigenvalue weighted by molar-refractivity contribution is 0.0926. The summed E-state index contributed by atoms with van der Waals surface area (Å²) < 4.78 is 0. The van der Waals surface area contributed by atoms with Gasteiger partial charge in [0, 0.05) is 19.6 Å². The molecule has 1 saturated heterocycles. The average molecular weight is 330 g/mol. The highest BCUT2D eigenvalue weighted by atomic mass is 16.2. The van der Waals surface area contributed by atoms with Crippen LogP contribution in [0.3, 0.4) is 0 Å². The summed E-state index contributed by atoms with van der Waals surface area (Å²) in [6.45, 7) is 7.16. The van der Waals surface area contributed by atoms with Crippen LogP contribution >= 0.6 is 0 Å². The number of nitrogens with zero attached hydrogens (tertiary/aromatic N) is 3. The normalized spacial score (nSPS) is 15.8. The number of carbonyl (C=O) groups is 1. The number of piperidine rings is 1. The number of hydrogen-bond donors (Lipinski definition) is 3. The summed E-state index contributed by atoms with van der Waals surface area (Å²) in [7, 11) is 2.02. The third-order valence-corrected chi connectivity index (χ3v) is 4.33. The Hall–Kier alpha value is -2.15. The minimum absolute atomic E-state index is 0.127. The lowest BCUT2D eigenvalue weighted by atomic mass is 10.1. The van der Waals surface area contributed by atoms with Gasteiger partial charge in [-0.25, -0.2) is 4.98 Å². The van der Waals surface area contributed by atoms with Crippen molar-refractivity contribution in [2.45, 2.75) is 32.7 Å². The SMILES string of the molecule is CC(C)CN(C)c1ccc2c(C(=O)NC3CCNCC3)n[nH]c2n1. The maximum absolute atomic E-state index is 12.5. The molecule has 2 aromatic rings. The summed E-state index contributed by atoms with van der Waals surface area (Å²) in [5.41, 5.74) is 1.08. The molecular weight excluding hydrogens is 304 g/mol. The van der Waals surface area contributed by atoms with E-state index in [0.717, 1.165) is 43.7 Å². The fraction of sp³-hybridized carbons (Fsp3) is 0.588. The maximum Gasteiger partial charge on any atom is 0.272 e. The average Bonchev–Trinajstić information content (AvgIpc) is 2.98. The molecule has 0 aromatic carbocycles. The van der Waals surface area contributed by atoms with Crippen molar-refractivity contribution in [1.82, 2.24) is 25.8 Å². The number of aromatic nitrogens is 3. The van der Waals surface area contributed by atoms with Crippen molar-refractivity contribution < 1.29 is 4.79 Å². The third kappa shape index (κ3) is 3.67. The van der Waals surface area contributed by atoms with Crippen LogP contribution in [0.25, 0.3) is 11.0 Å². The largest absolute Gasteiger partial charge is 0.359 e. The van der Waals surface area contributed by atoms with Crippen molar-refractivity contribution in [2.24, 2.45) is 5.92 Å². The Balaban J connectivity index is 1.76. The van der Waals surface area contributed by atoms with Gasteiger partial charge in [0.15, 0.2) is 11.3 Å². The Bertz CT molecular complexity index is 704. The van der Waals surface area contributed by atoms with Gasteiger partial charge in [-0.3, -0.25) is 9.89 Å². The van der Waals surface area contributed by atoms with Gasteiger partial charge in [0.05, 0.1) is 5.39 Å². The Morgan fingerprint density at radius 1 is 1.38 bits per heavy atom. The number of pyridine rings is 1. The Kier molecular flexibility index (Phi) is 4.99. The number of anilines is 1. The van der Waals surface area contributed by atoms with Gasteiger partial charge in [0.2, 0.25) is 0 Å². The van der Waals surface area contributed by atoms with E-state index in [2.05, 4.69) is 44.6 Å². The second-order valence-corrected chi connectivity index (χ2v) is 6.91. The highest BCUT2D eigenvalue weighted by molar-refractivity contribution is 6.04. The van der Waals surface area contributed by atoms with E-state index >= 15 is 0 Å². The molecule has 3 N–H and O–H groups in total. The van der Waals surface area contributed by atoms with Crippen LogP contribution in [0.5, 0.6) is 0 Å². The zero-order chi connectivity index (χ0) is 17.1. The second kappa shape index (κ2) is 7.17. The molecule has 1 aliphatic rings. The van der Waals surface area contributed by atoms with E-state index in [0.29, 0.717) is 17.3 Å². The van der Waals surface area contributed by atoms with Crippen LogP contribution < -0.4 is 15.5 Å². The van der Waals surface area contributed by atoms with Crippen LogP contribution in [0.2, 0.25) is 0 Å². The van der Waals surface area contributed by atoms with Gasteiger partial charge >= 0.3 is 0 Å². The van der Waals surface area contributed by atoms with Crippen molar-refractivity contribution in [3.8, 4) is 0 Å². The number of H-pyrrole nitrogens is 1. The molecule has 1 amide bonds. The quantitative estimate of drug-likeness (QED) is 0.774. The first-order valence-corrected chi connectivity index (χ1v) is 8.62. The smallest absolute Gasteiger partial charge is 0.272 e. The van der Waals surface area contributed by atoms with Crippen LogP contribution in [0.1, 0.15) is 37.2 Å². The molecule has 0 saturated carbocycles. The van der Waals surface area contributed by atoms with E-state index < -0.39 is 0 Å². The summed E-state index contributed by atoms with van der Waals surface area (Å²) in [5.74, 6) is 1.31. The summed E-state index contributed by atoms with van der Waals surface area (Å²) in [4.78, 5) is 19.2. The number of amides is 1. The monoisotopic (exact) mass is 330 g/mol. The molecular formula is C17H26N6O. The van der Waals surface area contributed by atoms with Gasteiger partial charge < -0.3 is 15.5 Å². The number of nitrogens with one attached hydrogen (secondary N) is 3. The number of fused-ring (bicyclic) bond motifs is 1. The number of carbonyl (C=O) groups excluding carboxylic acids is 1. The molecule has 3 rings (SSSR count). The lowest BCUT2D eigenvalue weighted by Crippen LogP contribution is -2.42. The molecule has 3 heterocycles. The van der Waals surface area contributed by atoms with Gasteiger partial charge in [0.1, 0.15) is 5.82 Å². The van der Waals surface area contributed by atoms with Gasteiger partial charge in [-0.2, -0.15) is 5.10 Å². The molecule has 2 aromatic heterocycles. The predicted molar refractivity (Wildman–Crippen MR) is 95.4 cm³/mol. The lowest BCUT2D eigenvalue weighted by Gasteiger charge is -2.23. The summed E-state index contributed by atoms with van der Waals surface area (Å²) in [6.07, 6.45) is 1.91. The fourth-order valence-electron chi connectivity index (χ4n) is 3.14. The van der Waals surface area contributed by atoms with Gasteiger partial charge in [-0.05, 0) is 44.0 Å². The summed E-state index contributed by atoms with van der Waals surface area (Å²) in [5, 5.41) is 14.2. The predicted octanol–water partition coefficient (Wildman–Crippen LogP) is 1.53. The third-order valence-electron chi connectivity index (χ3n) is 4.33. The van der Waals surface area contributed by atoms with E-state index in [9.17, 15) is 4.79 Å². The Morgan fingerprint density at radius 2 is 2.12 bits per heavy atom. The van der Waals surface area contributed by atoms with E-state index in [1.807, 2.05) is 19.2 Å². The summed E-state index contributed by atoms with van der Waals surface area (Å²) in [6, 6.07) is 4.09. The van der Waals surface area contributed by atoms with Crippen molar-refractivity contribution in [3.63, 3.8) is 0 Å². The van der Waals surface area contributed by atoms with Crippen LogP contribution in [-0.4, -0.2) is 53.8 Å². The zero-order valence-corrected chi connectivity index (χ0v) is 14.6. The minimum atomic E-state index is -0.127. The number of hydrogen-bond acceptors (Lipinski definition) is 5. The molecule has 24 heavy (non-hydrogen) atoms. The summed E-state index contributed by atoms with van der Waals surface area (Å²) >= 11 is 0. The molecule has 0 radical (unpaired) electrons. The fourth-order valence-corrected chi connectivity index (χ4v) is 3.14. The molecule has 0 bridgehead atoms. The maximum atomic E-state index is 12.5. The molecule has 0 aliphatic carbocycles. The highest BCUT2D eigenvalue weighted by Gasteiger charge is 2.20. The van der Waals surface area contributed by atoms with Crippen molar-refractivity contribution in [1.29, 1.82) is 0 Å². The first kappa shape index (κ1) is 16.7. The van der Waals surface area contributed by atoms with E-state index in [1.165, 1.54) is 0 Å². The molecule has 0 unspecified atom stereocenters. The van der Waals surface area contributed by atoms with Gasteiger partial charge in [-0.15, -0.1) is 0 Å². The highest BCUT2D eigenvalue weighted by Crippen LogP contribution is 2.19. The van der Waals surface area contributed by atoms with E-state index in [1.54, 1.807) is 0 Å². The van der Waals surface area contributed by atoms with Crippen LogP contribution in [-0.2, 0) is 0 Å². The Labute approximate surface area is 142 Å². The second-order valence-electron chi connectivity index (χ2n) is 6.91. The molecule has 0 spiro atoms. The van der Waals surface area contributed by atoms with Crippen LogP contribution in [0.4, 0.5) is 5.82 Å². The first-order chi connectivity index (χ1) is 11.5. The molecule has 0 atom stereocenters. The van der Waals surface area contributed by atoms with E-state index in [4.69, 9.17) is 0 Å². The first-order valence-electron chi connectivity index (χ1n) is 8.62. The molecule has 7 heteroatoms. The van der Waals surface area contributed by atoms with Crippen molar-refractivity contribution in [2.75, 3.05) is 31.6 Å². The molecule has 130 valence electrons. The van der Waals surface area contributed by atoms with Gasteiger partial charge in [-0.1, -0.05) is 13.8 Å². The number of aromatic amines is 1. The van der Waals surface area contributed by atoms with Crippen LogP contribution in [0.15, 0.2) is 12.1 Å². The van der Waals surface area contributed by atoms with Crippen molar-refractivity contribution in [3.05, 3.63) is 17.8 Å². The van der Waals surface area contributed by atoms with Crippen molar-refractivity contribution >= 4 is 22.8 Å². The molecule has 1 fully saturated rings. The molecule has 1 aliphatic heterocycles. The molecule has 7 nitrogen and oxygen atoms in total. The van der Waals surface area contributed by atoms with Crippen LogP contribution in [0, 0.1) is 5.92 Å². The minimum Gasteiger partial charge on any atom is -0.359 e. The number of rotatable bonds is 5. The van der Waals surface area contributed by atoms with E-state index in [-0.39, 0.29) is 11.9 Å². The van der Waals surface area contributed by atoms with Gasteiger partial charge in [0.25, 0.3) is 5.91 Å². The standard InChI is InChI=1S/C17H26N6O/c1-11(2)10-23(3)14-5-4-13-15(21-22-16(13)20-14)17(24)19-12-6-8-18-9-7-12/h4-5,11-12,18H,6-10H2,1-3H3,(H,19,24)(H,20,21,22). The zero-order valence-electron chi connectivity index (χ0n) is 14.6.